The second-order valence-corrected chi connectivity index (χ2v) is 10.2. The van der Waals surface area contributed by atoms with Crippen LogP contribution >= 0.6 is 0 Å². The van der Waals surface area contributed by atoms with Crippen molar-refractivity contribution < 1.29 is 0 Å². The van der Waals surface area contributed by atoms with E-state index in [0.717, 1.165) is 25.7 Å². The lowest BCUT2D eigenvalue weighted by molar-refractivity contribution is 0.260. The third-order valence-corrected chi connectivity index (χ3v) is 8.37. The summed E-state index contributed by atoms with van der Waals surface area (Å²) < 4.78 is 0. The molecule has 0 aliphatic heterocycles. The molecule has 0 amide bonds. The van der Waals surface area contributed by atoms with E-state index in [9.17, 15) is 0 Å². The zero-order valence-corrected chi connectivity index (χ0v) is 20.7. The van der Waals surface area contributed by atoms with Gasteiger partial charge in [-0.1, -0.05) is 111 Å². The van der Waals surface area contributed by atoms with E-state index in [1.807, 2.05) is 0 Å². The first-order valence-corrected chi connectivity index (χ1v) is 13.0. The fourth-order valence-corrected chi connectivity index (χ4v) is 6.16. The van der Waals surface area contributed by atoms with Crippen LogP contribution in [0.25, 0.3) is 43.1 Å². The Hall–Kier alpha value is -3.64. The van der Waals surface area contributed by atoms with Gasteiger partial charge in [0.25, 0.3) is 0 Å². The van der Waals surface area contributed by atoms with Crippen LogP contribution in [0.4, 0.5) is 0 Å². The van der Waals surface area contributed by atoms with E-state index in [1.165, 1.54) is 54.2 Å². The summed E-state index contributed by atoms with van der Waals surface area (Å²) in [6.07, 6.45) is 4.47. The topological polar surface area (TPSA) is 0 Å². The fraction of sp³-hybridized carbons (Fsp3) is 0.200. The van der Waals surface area contributed by atoms with Crippen molar-refractivity contribution in [1.29, 1.82) is 0 Å². The maximum absolute atomic E-state index is 2.39. The predicted molar refractivity (Wildman–Crippen MR) is 153 cm³/mol. The van der Waals surface area contributed by atoms with Crippen LogP contribution in [0.2, 0.25) is 0 Å². The lowest BCUT2D eigenvalue weighted by Crippen LogP contribution is -2.25. The van der Waals surface area contributed by atoms with Gasteiger partial charge in [0.1, 0.15) is 0 Å². The Morgan fingerprint density at radius 2 is 0.714 bits per heavy atom. The van der Waals surface area contributed by atoms with Crippen LogP contribution in [0.3, 0.4) is 0 Å². The molecular weight excluding hydrogens is 420 g/mol. The Morgan fingerprint density at radius 1 is 0.429 bits per heavy atom. The first-order valence-electron chi connectivity index (χ1n) is 13.0. The summed E-state index contributed by atoms with van der Waals surface area (Å²) in [5.74, 6) is 0. The highest BCUT2D eigenvalue weighted by Crippen LogP contribution is 2.42. The molecule has 0 aromatic heterocycles. The fourth-order valence-electron chi connectivity index (χ4n) is 6.16. The first-order chi connectivity index (χ1) is 17.2. The molecule has 0 heteroatoms. The van der Waals surface area contributed by atoms with Gasteiger partial charge in [0.05, 0.1) is 0 Å². The van der Waals surface area contributed by atoms with E-state index in [2.05, 4.69) is 123 Å². The van der Waals surface area contributed by atoms with Gasteiger partial charge in [-0.2, -0.15) is 0 Å². The minimum Gasteiger partial charge on any atom is -0.0648 e. The van der Waals surface area contributed by atoms with Crippen LogP contribution in [0.15, 0.2) is 109 Å². The molecule has 0 atom stereocenters. The van der Waals surface area contributed by atoms with E-state index in [0.29, 0.717) is 0 Å². The Morgan fingerprint density at radius 3 is 1.00 bits per heavy atom. The molecule has 0 unspecified atom stereocenters. The molecule has 0 spiro atoms. The highest BCUT2D eigenvalue weighted by molar-refractivity contribution is 6.03. The van der Waals surface area contributed by atoms with Crippen LogP contribution < -0.4 is 0 Å². The van der Waals surface area contributed by atoms with Gasteiger partial charge in [-0.25, -0.2) is 0 Å². The van der Waals surface area contributed by atoms with Crippen molar-refractivity contribution in [3.05, 3.63) is 120 Å². The van der Waals surface area contributed by atoms with Gasteiger partial charge in [-0.3, -0.25) is 0 Å². The molecule has 0 nitrogen and oxygen atoms in total. The van der Waals surface area contributed by atoms with E-state index in [-0.39, 0.29) is 5.41 Å². The van der Waals surface area contributed by atoms with Gasteiger partial charge in [0.15, 0.2) is 0 Å². The average Bonchev–Trinajstić information content (AvgIpc) is 2.92. The summed E-state index contributed by atoms with van der Waals surface area (Å²) in [6, 6.07) is 40.5. The van der Waals surface area contributed by atoms with E-state index in [1.54, 1.807) is 0 Å². The van der Waals surface area contributed by atoms with Crippen LogP contribution in [-0.2, 0) is 12.8 Å². The molecule has 0 fully saturated rings. The van der Waals surface area contributed by atoms with Crippen molar-refractivity contribution in [3.8, 4) is 0 Å². The van der Waals surface area contributed by atoms with Crippen molar-refractivity contribution in [2.24, 2.45) is 5.41 Å². The normalized spacial score (nSPS) is 12.2. The van der Waals surface area contributed by atoms with Crippen LogP contribution in [-0.4, -0.2) is 0 Å². The van der Waals surface area contributed by atoms with Gasteiger partial charge in [0, 0.05) is 0 Å². The maximum Gasteiger partial charge on any atom is -0.0145 e. The molecule has 0 saturated carbocycles. The Labute approximate surface area is 208 Å². The van der Waals surface area contributed by atoms with Crippen LogP contribution in [0.1, 0.15) is 37.8 Å². The largest absolute Gasteiger partial charge is 0.0648 e. The van der Waals surface area contributed by atoms with Crippen molar-refractivity contribution in [1.82, 2.24) is 0 Å². The summed E-state index contributed by atoms with van der Waals surface area (Å²) >= 11 is 0. The molecule has 0 radical (unpaired) electrons. The average molecular weight is 453 g/mol. The summed E-state index contributed by atoms with van der Waals surface area (Å²) in [7, 11) is 0. The standard InChI is InChI=1S/C35H32/c1-3-35(4-2,23-33-29-17-9-5-13-25(29)21-26-14-6-10-18-30(26)33)24-34-31-19-11-7-15-27(31)22-28-16-8-12-20-32(28)34/h5-22H,3-4,23-24H2,1-2H3. The highest BCUT2D eigenvalue weighted by Gasteiger charge is 2.30. The van der Waals surface area contributed by atoms with Gasteiger partial charge >= 0.3 is 0 Å². The lowest BCUT2D eigenvalue weighted by Gasteiger charge is -2.34. The molecule has 6 rings (SSSR count). The van der Waals surface area contributed by atoms with Crippen molar-refractivity contribution in [2.75, 3.05) is 0 Å². The Kier molecular flexibility index (Phi) is 5.53. The maximum atomic E-state index is 2.39. The predicted octanol–water partition coefficient (Wildman–Crippen LogP) is 9.89. The molecule has 172 valence electrons. The summed E-state index contributed by atoms with van der Waals surface area (Å²) in [5.41, 5.74) is 3.19. The lowest BCUT2D eigenvalue weighted by atomic mass is 9.70. The molecule has 0 heterocycles. The molecule has 0 aliphatic carbocycles. The van der Waals surface area contributed by atoms with Crippen molar-refractivity contribution in [3.63, 3.8) is 0 Å². The zero-order valence-electron chi connectivity index (χ0n) is 20.7. The number of hydrogen-bond donors (Lipinski definition) is 0. The molecule has 0 bridgehead atoms. The van der Waals surface area contributed by atoms with Crippen LogP contribution in [0, 0.1) is 5.41 Å². The quantitative estimate of drug-likeness (QED) is 0.221. The molecular formula is C35H32. The molecule has 0 aliphatic rings. The second-order valence-electron chi connectivity index (χ2n) is 10.2. The first kappa shape index (κ1) is 21.9. The minimum absolute atomic E-state index is 0.180. The molecule has 6 aromatic carbocycles. The van der Waals surface area contributed by atoms with Crippen molar-refractivity contribution >= 4 is 43.1 Å². The van der Waals surface area contributed by atoms with Crippen LogP contribution in [0.5, 0.6) is 0 Å². The third-order valence-electron chi connectivity index (χ3n) is 8.37. The third kappa shape index (κ3) is 3.78. The molecule has 0 N–H and O–H groups in total. The minimum atomic E-state index is 0.180. The Balaban J connectivity index is 1.56. The smallest absolute Gasteiger partial charge is 0.0145 e. The zero-order chi connectivity index (χ0) is 23.8. The van der Waals surface area contributed by atoms with Gasteiger partial charge in [-0.05, 0) is 97.4 Å². The summed E-state index contributed by atoms with van der Waals surface area (Å²) in [5, 5.41) is 11.0. The molecule has 6 aromatic rings. The SMILES string of the molecule is CCC(CC)(Cc1c2ccccc2cc2ccccc12)Cc1c2ccccc2cc2ccccc12. The van der Waals surface area contributed by atoms with Gasteiger partial charge in [-0.15, -0.1) is 0 Å². The number of hydrogen-bond acceptors (Lipinski definition) is 0. The van der Waals surface area contributed by atoms with E-state index in [4.69, 9.17) is 0 Å². The second kappa shape index (κ2) is 8.86. The number of rotatable bonds is 6. The summed E-state index contributed by atoms with van der Waals surface area (Å²) in [4.78, 5) is 0. The summed E-state index contributed by atoms with van der Waals surface area (Å²) in [6.45, 7) is 4.79. The number of benzene rings is 6. The van der Waals surface area contributed by atoms with E-state index >= 15 is 0 Å². The van der Waals surface area contributed by atoms with Gasteiger partial charge < -0.3 is 0 Å². The molecule has 35 heavy (non-hydrogen) atoms. The monoisotopic (exact) mass is 452 g/mol. The van der Waals surface area contributed by atoms with E-state index < -0.39 is 0 Å². The van der Waals surface area contributed by atoms with Gasteiger partial charge in [0.2, 0.25) is 0 Å². The molecule has 0 saturated heterocycles. The highest BCUT2D eigenvalue weighted by atomic mass is 14.3. The number of fused-ring (bicyclic) bond motifs is 4. The van der Waals surface area contributed by atoms with Crippen molar-refractivity contribution in [2.45, 2.75) is 39.5 Å². The Bertz CT molecular complexity index is 1440.